The number of hydrogen-bond acceptors (Lipinski definition) is 4. The maximum atomic E-state index is 5.11. The molecule has 0 radical (unpaired) electrons. The Labute approximate surface area is 156 Å². The molecular formula is C19H32N4OS. The topological polar surface area (TPSA) is 48.9 Å². The lowest BCUT2D eigenvalue weighted by Gasteiger charge is -2.18. The molecule has 0 unspecified atom stereocenters. The van der Waals surface area contributed by atoms with Crippen molar-refractivity contribution in [1.29, 1.82) is 0 Å². The maximum absolute atomic E-state index is 5.11. The predicted octanol–water partition coefficient (Wildman–Crippen LogP) is 2.44. The Hall–Kier alpha value is -1.24. The SMILES string of the molecule is CCNC(=NCC1(Sc2ccccc2)CC1)NCCN(C)CCOC. The van der Waals surface area contributed by atoms with E-state index in [-0.39, 0.29) is 0 Å². The van der Waals surface area contributed by atoms with E-state index >= 15 is 0 Å². The molecule has 140 valence electrons. The van der Waals surface area contributed by atoms with E-state index in [1.165, 1.54) is 17.7 Å². The Morgan fingerprint density at radius 2 is 2.00 bits per heavy atom. The van der Waals surface area contributed by atoms with E-state index < -0.39 is 0 Å². The van der Waals surface area contributed by atoms with Crippen LogP contribution in [0.2, 0.25) is 0 Å². The molecule has 1 aromatic rings. The van der Waals surface area contributed by atoms with Crippen molar-refractivity contribution in [3.05, 3.63) is 30.3 Å². The number of nitrogens with one attached hydrogen (secondary N) is 2. The summed E-state index contributed by atoms with van der Waals surface area (Å²) in [5.74, 6) is 0.919. The summed E-state index contributed by atoms with van der Waals surface area (Å²) in [6.45, 7) is 7.41. The quantitative estimate of drug-likeness (QED) is 0.467. The lowest BCUT2D eigenvalue weighted by Crippen LogP contribution is -2.41. The molecule has 0 spiro atoms. The number of ether oxygens (including phenoxy) is 1. The molecule has 2 rings (SSSR count). The minimum Gasteiger partial charge on any atom is -0.383 e. The number of thioether (sulfide) groups is 1. The third-order valence-electron chi connectivity index (χ3n) is 4.22. The van der Waals surface area contributed by atoms with Crippen molar-refractivity contribution < 1.29 is 4.74 Å². The molecular weight excluding hydrogens is 332 g/mol. The van der Waals surface area contributed by atoms with Crippen molar-refractivity contribution in [1.82, 2.24) is 15.5 Å². The molecule has 1 aliphatic rings. The number of nitrogens with zero attached hydrogens (tertiary/aromatic N) is 2. The van der Waals surface area contributed by atoms with E-state index in [2.05, 4.69) is 59.8 Å². The van der Waals surface area contributed by atoms with Crippen molar-refractivity contribution in [2.45, 2.75) is 29.4 Å². The van der Waals surface area contributed by atoms with E-state index in [0.717, 1.165) is 45.3 Å². The summed E-state index contributed by atoms with van der Waals surface area (Å²) in [4.78, 5) is 8.43. The molecule has 1 aliphatic carbocycles. The fourth-order valence-corrected chi connectivity index (χ4v) is 3.69. The first kappa shape index (κ1) is 20.1. The van der Waals surface area contributed by atoms with Gasteiger partial charge in [-0.05, 0) is 38.9 Å². The van der Waals surface area contributed by atoms with Crippen LogP contribution in [-0.4, -0.2) is 69.1 Å². The molecule has 5 nitrogen and oxygen atoms in total. The first-order valence-electron chi connectivity index (χ1n) is 9.11. The second-order valence-electron chi connectivity index (χ2n) is 6.52. The second-order valence-corrected chi connectivity index (χ2v) is 8.06. The van der Waals surface area contributed by atoms with Gasteiger partial charge in [0.1, 0.15) is 0 Å². The first-order valence-corrected chi connectivity index (χ1v) is 9.93. The molecule has 25 heavy (non-hydrogen) atoms. The Balaban J connectivity index is 1.78. The number of aliphatic imine (C=N–C) groups is 1. The van der Waals surface area contributed by atoms with Crippen molar-refractivity contribution in [3.63, 3.8) is 0 Å². The van der Waals surface area contributed by atoms with Crippen LogP contribution in [-0.2, 0) is 4.74 Å². The summed E-state index contributed by atoms with van der Waals surface area (Å²) in [5, 5.41) is 6.79. The molecule has 0 bridgehead atoms. The minimum absolute atomic E-state index is 0.291. The van der Waals surface area contributed by atoms with E-state index in [0.29, 0.717) is 4.75 Å². The van der Waals surface area contributed by atoms with Crippen LogP contribution in [0.1, 0.15) is 19.8 Å². The van der Waals surface area contributed by atoms with Crippen molar-refractivity contribution in [3.8, 4) is 0 Å². The Bertz CT molecular complexity index is 519. The number of hydrogen-bond donors (Lipinski definition) is 2. The van der Waals surface area contributed by atoms with Crippen LogP contribution in [0.3, 0.4) is 0 Å². The first-order chi connectivity index (χ1) is 12.2. The number of methoxy groups -OCH3 is 1. The lowest BCUT2D eigenvalue weighted by atomic mass is 10.4. The predicted molar refractivity (Wildman–Crippen MR) is 108 cm³/mol. The zero-order valence-corrected chi connectivity index (χ0v) is 16.6. The van der Waals surface area contributed by atoms with Crippen LogP contribution in [0, 0.1) is 0 Å². The van der Waals surface area contributed by atoms with Gasteiger partial charge >= 0.3 is 0 Å². The number of benzene rings is 1. The number of rotatable bonds is 11. The molecule has 0 saturated heterocycles. The maximum Gasteiger partial charge on any atom is 0.191 e. The third kappa shape index (κ3) is 7.67. The molecule has 0 aromatic heterocycles. The smallest absolute Gasteiger partial charge is 0.191 e. The van der Waals surface area contributed by atoms with Gasteiger partial charge in [0.05, 0.1) is 13.2 Å². The van der Waals surface area contributed by atoms with Gasteiger partial charge in [0, 0.05) is 42.9 Å². The number of guanidine groups is 1. The standard InChI is InChI=1S/C19H32N4OS/c1-4-20-18(21-12-13-23(2)14-15-24-3)22-16-19(10-11-19)25-17-8-6-5-7-9-17/h5-9H,4,10-16H2,1-3H3,(H2,20,21,22). The van der Waals surface area contributed by atoms with E-state index in [1.54, 1.807) is 7.11 Å². The minimum atomic E-state index is 0.291. The van der Waals surface area contributed by atoms with Crippen LogP contribution in [0.5, 0.6) is 0 Å². The highest BCUT2D eigenvalue weighted by atomic mass is 32.2. The van der Waals surface area contributed by atoms with Gasteiger partial charge in [-0.3, -0.25) is 4.99 Å². The van der Waals surface area contributed by atoms with E-state index in [4.69, 9.17) is 9.73 Å². The highest BCUT2D eigenvalue weighted by Gasteiger charge is 2.43. The Kier molecular flexibility index (Phi) is 8.58. The monoisotopic (exact) mass is 364 g/mol. The summed E-state index contributed by atoms with van der Waals surface area (Å²) >= 11 is 1.97. The Morgan fingerprint density at radius 3 is 2.64 bits per heavy atom. The molecule has 1 saturated carbocycles. The van der Waals surface area contributed by atoms with Crippen molar-refractivity contribution >= 4 is 17.7 Å². The highest BCUT2D eigenvalue weighted by Crippen LogP contribution is 2.51. The highest BCUT2D eigenvalue weighted by molar-refractivity contribution is 8.01. The molecule has 1 fully saturated rings. The largest absolute Gasteiger partial charge is 0.383 e. The third-order valence-corrected chi connectivity index (χ3v) is 5.70. The second kappa shape index (κ2) is 10.7. The van der Waals surface area contributed by atoms with Crippen LogP contribution in [0.25, 0.3) is 0 Å². The Morgan fingerprint density at radius 1 is 1.24 bits per heavy atom. The van der Waals surface area contributed by atoms with Gasteiger partial charge in [-0.2, -0.15) is 0 Å². The van der Waals surface area contributed by atoms with Crippen molar-refractivity contribution in [2.75, 3.05) is 53.5 Å². The lowest BCUT2D eigenvalue weighted by molar-refractivity contribution is 0.162. The van der Waals surface area contributed by atoms with Crippen LogP contribution in [0.15, 0.2) is 40.2 Å². The van der Waals surface area contributed by atoms with Crippen molar-refractivity contribution in [2.24, 2.45) is 4.99 Å². The number of likely N-dealkylation sites (N-methyl/N-ethyl adjacent to an activating group) is 1. The molecule has 0 aliphatic heterocycles. The van der Waals surface area contributed by atoms with Gasteiger partial charge in [-0.15, -0.1) is 11.8 Å². The molecule has 2 N–H and O–H groups in total. The van der Waals surface area contributed by atoms with E-state index in [1.807, 2.05) is 11.8 Å². The van der Waals surface area contributed by atoms with Gasteiger partial charge in [-0.1, -0.05) is 18.2 Å². The van der Waals surface area contributed by atoms with Gasteiger partial charge in [0.2, 0.25) is 0 Å². The summed E-state index contributed by atoms with van der Waals surface area (Å²) in [6.07, 6.45) is 2.49. The fourth-order valence-electron chi connectivity index (χ4n) is 2.46. The fraction of sp³-hybridized carbons (Fsp3) is 0.632. The average molecular weight is 365 g/mol. The zero-order chi connectivity index (χ0) is 18.0. The van der Waals surface area contributed by atoms with Crippen LogP contribution in [0.4, 0.5) is 0 Å². The van der Waals surface area contributed by atoms with E-state index in [9.17, 15) is 0 Å². The van der Waals surface area contributed by atoms with Crippen LogP contribution >= 0.6 is 11.8 Å². The summed E-state index contributed by atoms with van der Waals surface area (Å²) in [6, 6.07) is 10.7. The van der Waals surface area contributed by atoms with Gasteiger partial charge in [0.15, 0.2) is 5.96 Å². The summed E-state index contributed by atoms with van der Waals surface area (Å²) in [7, 11) is 3.85. The molecule has 0 atom stereocenters. The normalized spacial score (nSPS) is 16.1. The van der Waals surface area contributed by atoms with Gasteiger partial charge < -0.3 is 20.3 Å². The molecule has 1 aromatic carbocycles. The zero-order valence-electron chi connectivity index (χ0n) is 15.8. The van der Waals surface area contributed by atoms with Gasteiger partial charge in [0.25, 0.3) is 0 Å². The molecule has 6 heteroatoms. The average Bonchev–Trinajstić information content (AvgIpc) is 3.38. The molecule has 0 heterocycles. The van der Waals surface area contributed by atoms with Crippen LogP contribution < -0.4 is 10.6 Å². The summed E-state index contributed by atoms with van der Waals surface area (Å²) < 4.78 is 5.40. The van der Waals surface area contributed by atoms with Gasteiger partial charge in [-0.25, -0.2) is 0 Å². The summed E-state index contributed by atoms with van der Waals surface area (Å²) in [5.41, 5.74) is 0. The molecule has 0 amide bonds.